The number of ether oxygens (including phenoxy) is 2. The van der Waals surface area contributed by atoms with E-state index in [1.54, 1.807) is 18.2 Å². The first-order valence-electron chi connectivity index (χ1n) is 10.2. The molecule has 5 rings (SSSR count). The summed E-state index contributed by atoms with van der Waals surface area (Å²) in [7, 11) is 1.45. The fourth-order valence-corrected chi connectivity index (χ4v) is 5.21. The summed E-state index contributed by atoms with van der Waals surface area (Å²) in [5.41, 5.74) is -0.636. The number of rotatable bonds is 5. The van der Waals surface area contributed by atoms with Crippen LogP contribution in [0.1, 0.15) is 50.2 Å². The molecule has 0 radical (unpaired) electrons. The number of amides is 2. The Labute approximate surface area is 179 Å². The van der Waals surface area contributed by atoms with Crippen molar-refractivity contribution in [3.05, 3.63) is 28.8 Å². The number of methoxy groups -OCH3 is 1. The molecule has 9 heteroatoms. The fourth-order valence-electron chi connectivity index (χ4n) is 5.03. The number of carbonyl (C=O) groups excluding carboxylic acids is 2. The summed E-state index contributed by atoms with van der Waals surface area (Å²) in [4.78, 5) is 25.0. The summed E-state index contributed by atoms with van der Waals surface area (Å²) < 4.78 is 10.7. The molecule has 0 spiro atoms. The molecule has 0 saturated heterocycles. The van der Waals surface area contributed by atoms with Crippen molar-refractivity contribution in [3.8, 4) is 5.75 Å². The molecule has 164 valence electrons. The van der Waals surface area contributed by atoms with Gasteiger partial charge in [-0.15, -0.1) is 0 Å². The zero-order chi connectivity index (χ0) is 21.5. The van der Waals surface area contributed by atoms with Gasteiger partial charge in [0.1, 0.15) is 12.4 Å². The Kier molecular flexibility index (Phi) is 5.69. The van der Waals surface area contributed by atoms with Gasteiger partial charge in [-0.1, -0.05) is 11.6 Å². The second-order valence-electron chi connectivity index (χ2n) is 8.67. The lowest BCUT2D eigenvalue weighted by atomic mass is 9.59. The third-order valence-electron chi connectivity index (χ3n) is 6.70. The number of hydrogen-bond acceptors (Lipinski definition) is 6. The maximum atomic E-state index is 13.0. The predicted molar refractivity (Wildman–Crippen MR) is 108 cm³/mol. The van der Waals surface area contributed by atoms with Crippen molar-refractivity contribution in [3.63, 3.8) is 0 Å². The molecule has 30 heavy (non-hydrogen) atoms. The molecule has 0 aromatic heterocycles. The van der Waals surface area contributed by atoms with Crippen molar-refractivity contribution in [2.24, 2.45) is 0 Å². The van der Waals surface area contributed by atoms with Crippen LogP contribution in [-0.2, 0) is 14.3 Å². The Hall–Kier alpha value is -1.87. The summed E-state index contributed by atoms with van der Waals surface area (Å²) in [6, 6.07) is 4.95. The van der Waals surface area contributed by atoms with E-state index in [9.17, 15) is 19.8 Å². The molecule has 2 amide bonds. The van der Waals surface area contributed by atoms with Crippen molar-refractivity contribution < 1.29 is 29.3 Å². The molecule has 1 aromatic rings. The van der Waals surface area contributed by atoms with Gasteiger partial charge in [-0.2, -0.15) is 0 Å². The van der Waals surface area contributed by atoms with Gasteiger partial charge in [0.2, 0.25) is 5.91 Å². The molecule has 3 atom stereocenters. The van der Waals surface area contributed by atoms with Crippen LogP contribution >= 0.6 is 11.6 Å². The highest BCUT2D eigenvalue weighted by Crippen LogP contribution is 2.47. The van der Waals surface area contributed by atoms with E-state index in [2.05, 4.69) is 10.6 Å². The normalized spacial score (nSPS) is 34.6. The first-order chi connectivity index (χ1) is 14.3. The lowest BCUT2D eigenvalue weighted by Gasteiger charge is -2.56. The lowest BCUT2D eigenvalue weighted by Crippen LogP contribution is -2.71. The zero-order valence-electron chi connectivity index (χ0n) is 16.8. The second-order valence-corrected chi connectivity index (χ2v) is 9.10. The van der Waals surface area contributed by atoms with Crippen LogP contribution in [0.15, 0.2) is 18.2 Å². The minimum absolute atomic E-state index is 0.0512. The maximum Gasteiger partial charge on any atom is 0.261 e. The molecule has 2 bridgehead atoms. The van der Waals surface area contributed by atoms with Gasteiger partial charge in [0.25, 0.3) is 5.91 Å². The van der Waals surface area contributed by atoms with E-state index in [4.69, 9.17) is 21.1 Å². The number of fused-ring (bicyclic) bond motifs is 4. The van der Waals surface area contributed by atoms with E-state index in [0.717, 1.165) is 0 Å². The lowest BCUT2D eigenvalue weighted by molar-refractivity contribution is -0.141. The van der Waals surface area contributed by atoms with E-state index in [0.29, 0.717) is 48.4 Å². The van der Waals surface area contributed by atoms with Gasteiger partial charge in [0.05, 0.1) is 17.7 Å². The fraction of sp³-hybridized carbons (Fsp3) is 0.619. The molecular formula is C21H27ClN2O6. The van der Waals surface area contributed by atoms with E-state index < -0.39 is 29.4 Å². The highest BCUT2D eigenvalue weighted by Gasteiger charge is 2.55. The van der Waals surface area contributed by atoms with Crippen molar-refractivity contribution in [1.29, 1.82) is 0 Å². The number of nitrogens with one attached hydrogen (secondary N) is 2. The number of aliphatic hydroxyl groups excluding tert-OH is 2. The quantitative estimate of drug-likeness (QED) is 0.549. The molecule has 0 unspecified atom stereocenters. The molecule has 3 saturated carbocycles. The number of hydrogen-bond donors (Lipinski definition) is 4. The van der Waals surface area contributed by atoms with Crippen molar-refractivity contribution in [2.45, 2.75) is 67.9 Å². The Morgan fingerprint density at radius 1 is 1.23 bits per heavy atom. The van der Waals surface area contributed by atoms with Crippen LogP contribution < -0.4 is 15.4 Å². The third kappa shape index (κ3) is 3.89. The number of aliphatic hydroxyl groups is 2. The molecule has 3 fully saturated rings. The SMILES string of the molecule is COCC(=O)NC12CCC(NC(=O)[C@H]3C[C@@H](O)c4cc(Cl)ccc4O3)(CC1)C[C@@H]2O. The van der Waals surface area contributed by atoms with Crippen molar-refractivity contribution in [1.82, 2.24) is 10.6 Å². The van der Waals surface area contributed by atoms with Crippen molar-refractivity contribution in [2.75, 3.05) is 13.7 Å². The largest absolute Gasteiger partial charge is 0.480 e. The molecule has 4 N–H and O–H groups in total. The molecule has 4 aliphatic rings. The monoisotopic (exact) mass is 438 g/mol. The molecule has 1 heterocycles. The Bertz CT molecular complexity index is 839. The van der Waals surface area contributed by atoms with Gasteiger partial charge in [-0.05, 0) is 50.3 Å². The topological polar surface area (TPSA) is 117 Å². The summed E-state index contributed by atoms with van der Waals surface area (Å²) in [5.74, 6) is -0.110. The van der Waals surface area contributed by atoms with Gasteiger partial charge in [0.15, 0.2) is 6.10 Å². The Morgan fingerprint density at radius 3 is 2.63 bits per heavy atom. The summed E-state index contributed by atoms with van der Waals surface area (Å²) in [5, 5.41) is 27.7. The smallest absolute Gasteiger partial charge is 0.261 e. The van der Waals surface area contributed by atoms with Crippen LogP contribution in [0.2, 0.25) is 5.02 Å². The average Bonchev–Trinajstić information content (AvgIpc) is 2.70. The Morgan fingerprint density at radius 2 is 1.97 bits per heavy atom. The van der Waals surface area contributed by atoms with Gasteiger partial charge in [-0.3, -0.25) is 9.59 Å². The standard InChI is InChI=1S/C21H27ClN2O6/c1-29-11-18(27)23-21-6-4-20(5-7-21,10-17(21)26)24-19(28)16-9-14(25)13-8-12(22)2-3-15(13)30-16/h2-3,8,14,16-17,25-26H,4-7,9-11H2,1H3,(H,23,27)(H,24,28)/t14-,16-,17+,20?,21?/m1/s1. The number of carbonyl (C=O) groups is 2. The van der Waals surface area contributed by atoms with Crippen LogP contribution in [0.5, 0.6) is 5.75 Å². The highest BCUT2D eigenvalue weighted by atomic mass is 35.5. The van der Waals surface area contributed by atoms with E-state index in [1.165, 1.54) is 7.11 Å². The third-order valence-corrected chi connectivity index (χ3v) is 6.94. The molecule has 1 aromatic carbocycles. The minimum Gasteiger partial charge on any atom is -0.480 e. The minimum atomic E-state index is -0.840. The van der Waals surface area contributed by atoms with E-state index >= 15 is 0 Å². The van der Waals surface area contributed by atoms with Crippen molar-refractivity contribution >= 4 is 23.4 Å². The Balaban J connectivity index is 1.42. The average molecular weight is 439 g/mol. The predicted octanol–water partition coefficient (Wildman–Crippen LogP) is 1.22. The second kappa shape index (κ2) is 8.00. The van der Waals surface area contributed by atoms with Crippen LogP contribution in [0.25, 0.3) is 0 Å². The van der Waals surface area contributed by atoms with E-state index in [1.807, 2.05) is 0 Å². The van der Waals surface area contributed by atoms with Crippen LogP contribution in [0, 0.1) is 0 Å². The van der Waals surface area contributed by atoms with Crippen LogP contribution in [0.4, 0.5) is 0 Å². The maximum absolute atomic E-state index is 13.0. The summed E-state index contributed by atoms with van der Waals surface area (Å²) in [6.45, 7) is -0.0512. The first-order valence-corrected chi connectivity index (χ1v) is 10.6. The van der Waals surface area contributed by atoms with Gasteiger partial charge < -0.3 is 30.3 Å². The summed E-state index contributed by atoms with van der Waals surface area (Å²) >= 11 is 5.98. The van der Waals surface area contributed by atoms with Gasteiger partial charge >= 0.3 is 0 Å². The molecule has 3 aliphatic carbocycles. The molecule has 8 nitrogen and oxygen atoms in total. The van der Waals surface area contributed by atoms with Crippen LogP contribution in [0.3, 0.4) is 0 Å². The van der Waals surface area contributed by atoms with Gasteiger partial charge in [0, 0.05) is 29.7 Å². The zero-order valence-corrected chi connectivity index (χ0v) is 17.6. The number of benzene rings is 1. The van der Waals surface area contributed by atoms with Gasteiger partial charge in [-0.25, -0.2) is 0 Å². The summed E-state index contributed by atoms with van der Waals surface area (Å²) in [6.07, 6.45) is 0.487. The molecule has 1 aliphatic heterocycles. The highest BCUT2D eigenvalue weighted by molar-refractivity contribution is 6.30. The number of halogens is 1. The van der Waals surface area contributed by atoms with E-state index in [-0.39, 0.29) is 24.8 Å². The molecular weight excluding hydrogens is 412 g/mol. The van der Waals surface area contributed by atoms with Crippen LogP contribution in [-0.4, -0.2) is 59.0 Å². The first kappa shape index (κ1) is 21.4.